The molecule has 1 aliphatic heterocycles. The van der Waals surface area contributed by atoms with Crippen LogP contribution in [0.25, 0.3) is 0 Å². The molecule has 0 aliphatic carbocycles. The second-order valence-electron chi connectivity index (χ2n) is 5.52. The molecular weight excluding hydrogens is 276 g/mol. The number of hydrogen-bond donors (Lipinski definition) is 1. The highest BCUT2D eigenvalue weighted by atomic mass is 32.1. The van der Waals surface area contributed by atoms with Crippen LogP contribution in [0.4, 0.5) is 0 Å². The first-order valence-corrected chi connectivity index (χ1v) is 7.76. The van der Waals surface area contributed by atoms with Gasteiger partial charge in [0.05, 0.1) is 16.8 Å². The van der Waals surface area contributed by atoms with Crippen LogP contribution in [0.2, 0.25) is 0 Å². The van der Waals surface area contributed by atoms with Gasteiger partial charge in [0.15, 0.2) is 0 Å². The van der Waals surface area contributed by atoms with E-state index in [1.165, 1.54) is 11.3 Å². The normalized spacial score (nSPS) is 26.8. The Morgan fingerprint density at radius 3 is 3.00 bits per heavy atom. The summed E-state index contributed by atoms with van der Waals surface area (Å²) in [7, 11) is 1.64. The van der Waals surface area contributed by atoms with Crippen molar-refractivity contribution >= 4 is 17.2 Å². The molecule has 2 atom stereocenters. The van der Waals surface area contributed by atoms with E-state index in [2.05, 4.69) is 4.98 Å². The number of ether oxygens (including phenoxy) is 1. The molecule has 1 amide bonds. The summed E-state index contributed by atoms with van der Waals surface area (Å²) in [5.74, 6) is 0.0780. The molecule has 1 aromatic heterocycles. The van der Waals surface area contributed by atoms with Crippen molar-refractivity contribution in [3.05, 3.63) is 16.1 Å². The summed E-state index contributed by atoms with van der Waals surface area (Å²) in [6, 6.07) is 0. The lowest BCUT2D eigenvalue weighted by Gasteiger charge is -2.43. The fraction of sp³-hybridized carbons (Fsp3) is 0.714. The summed E-state index contributed by atoms with van der Waals surface area (Å²) < 4.78 is 5.06. The third-order valence-corrected chi connectivity index (χ3v) is 5.11. The van der Waals surface area contributed by atoms with Crippen LogP contribution < -0.4 is 0 Å². The van der Waals surface area contributed by atoms with Gasteiger partial charge >= 0.3 is 0 Å². The first kappa shape index (κ1) is 15.4. The largest absolute Gasteiger partial charge is 0.389 e. The molecule has 1 fully saturated rings. The maximum atomic E-state index is 12.4. The lowest BCUT2D eigenvalue weighted by atomic mass is 9.80. The lowest BCUT2D eigenvalue weighted by Crippen LogP contribution is -2.52. The van der Waals surface area contributed by atoms with E-state index in [0.29, 0.717) is 37.4 Å². The Balaban J connectivity index is 2.02. The Hall–Kier alpha value is -0.980. The molecule has 20 heavy (non-hydrogen) atoms. The topological polar surface area (TPSA) is 62.7 Å². The number of thiazole rings is 1. The molecule has 0 radical (unpaired) electrons. The van der Waals surface area contributed by atoms with Gasteiger partial charge in [0, 0.05) is 32.7 Å². The van der Waals surface area contributed by atoms with Crippen molar-refractivity contribution in [2.24, 2.45) is 5.92 Å². The Morgan fingerprint density at radius 1 is 1.70 bits per heavy atom. The highest BCUT2D eigenvalue weighted by molar-refractivity contribution is 7.11. The van der Waals surface area contributed by atoms with Crippen molar-refractivity contribution in [3.63, 3.8) is 0 Å². The summed E-state index contributed by atoms with van der Waals surface area (Å²) in [6.45, 7) is 5.56. The Bertz CT molecular complexity index is 477. The molecule has 1 N–H and O–H groups in total. The number of carbonyl (C=O) groups excluding carboxylic acids is 1. The van der Waals surface area contributed by atoms with Crippen LogP contribution in [0.5, 0.6) is 0 Å². The van der Waals surface area contributed by atoms with Crippen LogP contribution in [0.3, 0.4) is 0 Å². The average molecular weight is 298 g/mol. The molecule has 6 heteroatoms. The number of rotatable bonds is 4. The molecule has 1 aliphatic rings. The van der Waals surface area contributed by atoms with Crippen molar-refractivity contribution in [2.45, 2.75) is 32.3 Å². The van der Waals surface area contributed by atoms with E-state index in [1.807, 2.05) is 18.7 Å². The molecule has 1 saturated heterocycles. The second-order valence-corrected chi connectivity index (χ2v) is 6.37. The molecule has 2 heterocycles. The van der Waals surface area contributed by atoms with Gasteiger partial charge in [-0.2, -0.15) is 0 Å². The maximum absolute atomic E-state index is 12.4. The monoisotopic (exact) mass is 298 g/mol. The summed E-state index contributed by atoms with van der Waals surface area (Å²) in [5.41, 5.74) is 1.76. The minimum atomic E-state index is -0.727. The summed E-state index contributed by atoms with van der Waals surface area (Å²) >= 11 is 1.38. The highest BCUT2D eigenvalue weighted by Gasteiger charge is 2.40. The zero-order chi connectivity index (χ0) is 14.8. The van der Waals surface area contributed by atoms with E-state index in [-0.39, 0.29) is 11.8 Å². The second kappa shape index (κ2) is 6.20. The number of nitrogens with zero attached hydrogens (tertiary/aromatic N) is 2. The number of aryl methyl sites for hydroxylation is 1. The fourth-order valence-corrected chi connectivity index (χ4v) is 3.42. The van der Waals surface area contributed by atoms with Crippen molar-refractivity contribution in [1.29, 1.82) is 0 Å². The predicted molar refractivity (Wildman–Crippen MR) is 78.0 cm³/mol. The van der Waals surface area contributed by atoms with Crippen molar-refractivity contribution < 1.29 is 14.6 Å². The van der Waals surface area contributed by atoms with Gasteiger partial charge in [-0.05, 0) is 19.8 Å². The van der Waals surface area contributed by atoms with Gasteiger partial charge in [-0.3, -0.25) is 4.79 Å². The molecule has 0 aromatic carbocycles. The van der Waals surface area contributed by atoms with Crippen molar-refractivity contribution in [3.8, 4) is 0 Å². The van der Waals surface area contributed by atoms with Crippen LogP contribution in [0.15, 0.2) is 5.51 Å². The molecular formula is C14H22N2O3S. The first-order chi connectivity index (χ1) is 9.48. The van der Waals surface area contributed by atoms with Crippen LogP contribution in [0, 0.1) is 12.8 Å². The zero-order valence-electron chi connectivity index (χ0n) is 12.3. The van der Waals surface area contributed by atoms with E-state index in [1.54, 1.807) is 12.6 Å². The van der Waals surface area contributed by atoms with Crippen LogP contribution in [-0.2, 0) is 4.74 Å². The molecule has 5 nitrogen and oxygen atoms in total. The van der Waals surface area contributed by atoms with Gasteiger partial charge in [-0.25, -0.2) is 4.98 Å². The van der Waals surface area contributed by atoms with E-state index in [4.69, 9.17) is 4.74 Å². The minimum Gasteiger partial charge on any atom is -0.389 e. The predicted octanol–water partition coefficient (Wildman–Crippen LogP) is 1.70. The SMILES string of the molecule is COCC[C@]1(O)CCN(C(=O)c2scnc2C)C[C@H]1C. The number of likely N-dealkylation sites (tertiary alicyclic amines) is 1. The molecule has 0 spiro atoms. The Morgan fingerprint density at radius 2 is 2.45 bits per heavy atom. The summed E-state index contributed by atoms with van der Waals surface area (Å²) in [6.07, 6.45) is 1.22. The number of aliphatic hydroxyl groups is 1. The van der Waals surface area contributed by atoms with Gasteiger partial charge in [-0.15, -0.1) is 11.3 Å². The van der Waals surface area contributed by atoms with Crippen LogP contribution in [-0.4, -0.2) is 53.3 Å². The van der Waals surface area contributed by atoms with E-state index >= 15 is 0 Å². The number of carbonyl (C=O) groups is 1. The highest BCUT2D eigenvalue weighted by Crippen LogP contribution is 2.32. The molecule has 112 valence electrons. The van der Waals surface area contributed by atoms with Crippen LogP contribution >= 0.6 is 11.3 Å². The standard InChI is InChI=1S/C14H22N2O3S/c1-10-8-16(6-4-14(10,18)5-7-19-3)13(17)12-11(2)15-9-20-12/h9-10,18H,4-8H2,1-3H3/t10-,14-/m1/s1. The zero-order valence-corrected chi connectivity index (χ0v) is 13.1. The lowest BCUT2D eigenvalue weighted by molar-refractivity contribution is -0.0749. The number of hydrogen-bond acceptors (Lipinski definition) is 5. The molecule has 0 unspecified atom stereocenters. The fourth-order valence-electron chi connectivity index (χ4n) is 2.65. The molecule has 2 rings (SSSR count). The van der Waals surface area contributed by atoms with Gasteiger partial charge in [-0.1, -0.05) is 6.92 Å². The molecule has 0 bridgehead atoms. The van der Waals surface area contributed by atoms with Gasteiger partial charge in [0.25, 0.3) is 5.91 Å². The third-order valence-electron chi connectivity index (χ3n) is 4.19. The van der Waals surface area contributed by atoms with Gasteiger partial charge < -0.3 is 14.7 Å². The summed E-state index contributed by atoms with van der Waals surface area (Å²) in [4.78, 5) is 19.1. The third kappa shape index (κ3) is 3.02. The smallest absolute Gasteiger partial charge is 0.265 e. The summed E-state index contributed by atoms with van der Waals surface area (Å²) in [5, 5.41) is 10.6. The first-order valence-electron chi connectivity index (χ1n) is 6.88. The van der Waals surface area contributed by atoms with E-state index < -0.39 is 5.60 Å². The average Bonchev–Trinajstić information content (AvgIpc) is 2.85. The molecule has 0 saturated carbocycles. The number of aromatic nitrogens is 1. The van der Waals surface area contributed by atoms with Gasteiger partial charge in [0.1, 0.15) is 4.88 Å². The van der Waals surface area contributed by atoms with Crippen LogP contribution in [0.1, 0.15) is 35.1 Å². The van der Waals surface area contributed by atoms with Crippen molar-refractivity contribution in [1.82, 2.24) is 9.88 Å². The number of piperidine rings is 1. The molecule has 1 aromatic rings. The van der Waals surface area contributed by atoms with Crippen molar-refractivity contribution in [2.75, 3.05) is 26.8 Å². The van der Waals surface area contributed by atoms with E-state index in [0.717, 1.165) is 5.69 Å². The quantitative estimate of drug-likeness (QED) is 0.919. The number of amides is 1. The van der Waals surface area contributed by atoms with E-state index in [9.17, 15) is 9.90 Å². The maximum Gasteiger partial charge on any atom is 0.265 e. The Labute approximate surface area is 123 Å². The van der Waals surface area contributed by atoms with Gasteiger partial charge in [0.2, 0.25) is 0 Å². The minimum absolute atomic E-state index is 0.0330. The number of methoxy groups -OCH3 is 1. The Kier molecular flexibility index (Phi) is 4.78.